The zero-order valence-electron chi connectivity index (χ0n) is 23.3. The number of alkyl halides is 2. The third kappa shape index (κ3) is 7.32. The first kappa shape index (κ1) is 30.5. The molecular weight excluding hydrogens is 522 g/mol. The monoisotopic (exact) mass is 556 g/mol. The molecule has 0 aliphatic carbocycles. The number of nitrogens with zero attached hydrogens (tertiary/aromatic N) is 6. The number of amides is 1. The van der Waals surface area contributed by atoms with Gasteiger partial charge < -0.3 is 28.7 Å². The number of piperazine rings is 1. The summed E-state index contributed by atoms with van der Waals surface area (Å²) in [6, 6.07) is 8.96. The van der Waals surface area contributed by atoms with Crippen LogP contribution in [0, 0.1) is 0 Å². The Bertz CT molecular complexity index is 1300. The number of carbonyl (C=O) groups is 3. The molecule has 0 N–H and O–H groups in total. The third-order valence-corrected chi connectivity index (χ3v) is 6.54. The van der Waals surface area contributed by atoms with Gasteiger partial charge in [-0.05, 0) is 63.7 Å². The highest BCUT2D eigenvalue weighted by atomic mass is 19.3. The molecule has 1 fully saturated rings. The Morgan fingerprint density at radius 2 is 1.80 bits per heavy atom. The molecule has 1 saturated heterocycles. The van der Waals surface area contributed by atoms with Crippen LogP contribution in [0.2, 0.25) is 0 Å². The van der Waals surface area contributed by atoms with Crippen LogP contribution in [0.3, 0.4) is 0 Å². The molecule has 0 atom stereocenters. The van der Waals surface area contributed by atoms with Crippen molar-refractivity contribution in [2.24, 2.45) is 0 Å². The minimum absolute atomic E-state index is 0.0556. The number of aromatic nitrogens is 3. The quantitative estimate of drug-likeness (QED) is 0.383. The summed E-state index contributed by atoms with van der Waals surface area (Å²) in [5.74, 6) is -1.05. The Balaban J connectivity index is 0.00000141. The predicted octanol–water partition coefficient (Wildman–Crippen LogP) is 3.77. The van der Waals surface area contributed by atoms with E-state index in [9.17, 15) is 18.4 Å². The van der Waals surface area contributed by atoms with Crippen LogP contribution in [0.4, 0.5) is 14.5 Å². The lowest BCUT2D eigenvalue weighted by molar-refractivity contribution is -0.111. The number of aldehydes is 2. The first-order valence-corrected chi connectivity index (χ1v) is 12.8. The molecule has 3 aromatic rings. The van der Waals surface area contributed by atoms with Crippen molar-refractivity contribution in [2.75, 3.05) is 45.2 Å². The first-order chi connectivity index (χ1) is 19.0. The molecule has 40 heavy (non-hydrogen) atoms. The number of benzene rings is 1. The summed E-state index contributed by atoms with van der Waals surface area (Å²) in [6.45, 7) is 8.89. The maximum atomic E-state index is 13.5. The fourth-order valence-corrected chi connectivity index (χ4v) is 4.18. The van der Waals surface area contributed by atoms with Gasteiger partial charge in [0.25, 0.3) is 11.8 Å². The lowest BCUT2D eigenvalue weighted by Crippen LogP contribution is -2.44. The number of rotatable bonds is 8. The van der Waals surface area contributed by atoms with E-state index in [2.05, 4.69) is 32.0 Å². The summed E-state index contributed by atoms with van der Waals surface area (Å²) in [7, 11) is 3.75. The van der Waals surface area contributed by atoms with Crippen molar-refractivity contribution in [1.29, 1.82) is 0 Å². The largest absolute Gasteiger partial charge is 0.415 e. The smallest absolute Gasteiger partial charge is 0.314 e. The molecule has 1 aliphatic rings. The summed E-state index contributed by atoms with van der Waals surface area (Å²) in [4.78, 5) is 44.6. The van der Waals surface area contributed by atoms with E-state index in [1.165, 1.54) is 18.0 Å². The molecule has 1 aliphatic heterocycles. The van der Waals surface area contributed by atoms with Gasteiger partial charge in [-0.15, -0.1) is 10.2 Å². The number of likely N-dealkylation sites (N-methyl/N-ethyl adjacent to an activating group) is 1. The topological polar surface area (TPSA) is 113 Å². The summed E-state index contributed by atoms with van der Waals surface area (Å²) in [6.07, 6.45) is 0.199. The molecule has 214 valence electrons. The molecule has 0 bridgehead atoms. The normalized spacial score (nSPS) is 13.9. The fourth-order valence-electron chi connectivity index (χ4n) is 4.18. The van der Waals surface area contributed by atoms with E-state index < -0.39 is 17.7 Å². The molecule has 0 spiro atoms. The summed E-state index contributed by atoms with van der Waals surface area (Å²) >= 11 is 0. The Morgan fingerprint density at radius 1 is 1.12 bits per heavy atom. The van der Waals surface area contributed by atoms with Gasteiger partial charge >= 0.3 is 6.43 Å². The van der Waals surface area contributed by atoms with Crippen molar-refractivity contribution in [3.8, 4) is 11.5 Å². The van der Waals surface area contributed by atoms with Gasteiger partial charge in [0.15, 0.2) is 0 Å². The van der Waals surface area contributed by atoms with Crippen LogP contribution in [0.25, 0.3) is 11.5 Å². The molecule has 2 aromatic heterocycles. The van der Waals surface area contributed by atoms with Crippen LogP contribution in [-0.4, -0.2) is 83.7 Å². The van der Waals surface area contributed by atoms with Crippen molar-refractivity contribution < 1.29 is 27.6 Å². The van der Waals surface area contributed by atoms with E-state index in [-0.39, 0.29) is 18.3 Å². The second-order valence-corrected chi connectivity index (χ2v) is 10.0. The van der Waals surface area contributed by atoms with Gasteiger partial charge in [0.1, 0.15) is 12.6 Å². The zero-order chi connectivity index (χ0) is 29.4. The molecule has 12 heteroatoms. The number of anilines is 1. The van der Waals surface area contributed by atoms with Crippen LogP contribution < -0.4 is 4.90 Å². The summed E-state index contributed by atoms with van der Waals surface area (Å²) in [5, 5.41) is 6.93. The number of hydrogen-bond donors (Lipinski definition) is 0. The molecule has 0 saturated carbocycles. The van der Waals surface area contributed by atoms with E-state index in [0.29, 0.717) is 22.4 Å². The van der Waals surface area contributed by atoms with E-state index in [0.717, 1.165) is 44.4 Å². The number of halogens is 2. The molecule has 3 heterocycles. The number of hydrogen-bond acceptors (Lipinski definition) is 9. The molecule has 1 aromatic carbocycles. The highest BCUT2D eigenvalue weighted by Crippen LogP contribution is 2.31. The third-order valence-electron chi connectivity index (χ3n) is 6.54. The highest BCUT2D eigenvalue weighted by molar-refractivity contribution is 5.97. The first-order valence-electron chi connectivity index (χ1n) is 12.8. The number of carbonyl (C=O) groups excluding carboxylic acids is 3. The lowest BCUT2D eigenvalue weighted by atomic mass is 9.82. The van der Waals surface area contributed by atoms with Gasteiger partial charge in [-0.3, -0.25) is 9.78 Å². The van der Waals surface area contributed by atoms with E-state index in [1.807, 2.05) is 12.1 Å². The lowest BCUT2D eigenvalue weighted by Gasteiger charge is -2.35. The minimum atomic E-state index is -2.85. The number of pyridine rings is 1. The van der Waals surface area contributed by atoms with Crippen molar-refractivity contribution in [3.63, 3.8) is 0 Å². The Kier molecular flexibility index (Phi) is 10.2. The Hall–Kier alpha value is -4.06. The van der Waals surface area contributed by atoms with E-state index in [1.54, 1.807) is 39.1 Å². The van der Waals surface area contributed by atoms with Gasteiger partial charge in [0.2, 0.25) is 5.89 Å². The molecule has 0 unspecified atom stereocenters. The standard InChI is InChI=1S/C26H30F2N6O3.C2H4O/c1-26(2,16-35)21-13-19(34-11-9-32(3)10-12-34)7-8-20(21)25(36)33(4)15-18-6-5-17(14-29-18)23-30-31-24(37-23)22(27)28;1-2-3/h5-8,13-14,16,22H,9-12,15H2,1-4H3;2H,1H3. The van der Waals surface area contributed by atoms with Crippen molar-refractivity contribution in [2.45, 2.75) is 39.2 Å². The molecule has 4 rings (SSSR count). The highest BCUT2D eigenvalue weighted by Gasteiger charge is 2.29. The maximum Gasteiger partial charge on any atom is 0.314 e. The van der Waals surface area contributed by atoms with E-state index in [4.69, 9.17) is 9.21 Å². The summed E-state index contributed by atoms with van der Waals surface area (Å²) in [5.41, 5.74) is 2.25. The van der Waals surface area contributed by atoms with Gasteiger partial charge in [0, 0.05) is 56.1 Å². The van der Waals surface area contributed by atoms with Crippen LogP contribution in [0.5, 0.6) is 0 Å². The van der Waals surface area contributed by atoms with Crippen LogP contribution in [-0.2, 0) is 21.5 Å². The minimum Gasteiger partial charge on any atom is -0.415 e. The Morgan fingerprint density at radius 3 is 2.35 bits per heavy atom. The van der Waals surface area contributed by atoms with Gasteiger partial charge in [-0.1, -0.05) is 0 Å². The van der Waals surface area contributed by atoms with Crippen LogP contribution in [0.1, 0.15) is 54.7 Å². The average molecular weight is 557 g/mol. The summed E-state index contributed by atoms with van der Waals surface area (Å²) < 4.78 is 30.4. The molecule has 10 nitrogen and oxygen atoms in total. The second-order valence-electron chi connectivity index (χ2n) is 10.0. The van der Waals surface area contributed by atoms with Gasteiger partial charge in [0.05, 0.1) is 17.8 Å². The molecule has 1 amide bonds. The predicted molar refractivity (Wildman–Crippen MR) is 145 cm³/mol. The van der Waals surface area contributed by atoms with E-state index >= 15 is 0 Å². The Labute approximate surface area is 232 Å². The van der Waals surface area contributed by atoms with Crippen molar-refractivity contribution >= 4 is 24.2 Å². The second kappa shape index (κ2) is 13.3. The molecular formula is C28H34F2N6O4. The van der Waals surface area contributed by atoms with Crippen LogP contribution in [0.15, 0.2) is 40.9 Å². The fraction of sp³-hybridized carbons (Fsp3) is 0.429. The van der Waals surface area contributed by atoms with Gasteiger partial charge in [-0.2, -0.15) is 8.78 Å². The average Bonchev–Trinajstić information content (AvgIpc) is 3.44. The zero-order valence-corrected chi connectivity index (χ0v) is 23.3. The SMILES string of the molecule is CC=O.CN1CCN(c2ccc(C(=O)N(C)Cc3ccc(-c4nnc(C(F)F)o4)cn3)c(C(C)(C)C=O)c2)CC1. The van der Waals surface area contributed by atoms with Crippen molar-refractivity contribution in [1.82, 2.24) is 25.0 Å². The molecule has 0 radical (unpaired) electrons. The maximum absolute atomic E-state index is 13.5. The van der Waals surface area contributed by atoms with Crippen LogP contribution >= 0.6 is 0 Å². The van der Waals surface area contributed by atoms with Crippen molar-refractivity contribution in [3.05, 3.63) is 59.2 Å². The van der Waals surface area contributed by atoms with Gasteiger partial charge in [-0.25, -0.2) is 0 Å².